The predicted octanol–water partition coefficient (Wildman–Crippen LogP) is 1.45. The molecule has 6 heteroatoms. The number of aliphatic hydroxyl groups is 1. The second kappa shape index (κ2) is 6.89. The van der Waals surface area contributed by atoms with E-state index in [0.29, 0.717) is 19.2 Å². The number of hydrogen-bond acceptors (Lipinski definition) is 3. The maximum absolute atomic E-state index is 9.85. The van der Waals surface area contributed by atoms with E-state index in [9.17, 15) is 5.11 Å². The van der Waals surface area contributed by atoms with Gasteiger partial charge < -0.3 is 19.6 Å². The van der Waals surface area contributed by atoms with Crippen molar-refractivity contribution in [1.29, 1.82) is 0 Å². The number of aliphatic imine (C=N–C) groups is 2. The number of morpholine rings is 1. The summed E-state index contributed by atoms with van der Waals surface area (Å²) in [5, 5.41) is 9.85. The lowest BCUT2D eigenvalue weighted by Gasteiger charge is -2.28. The SMILES string of the molecule is CN1/C(=N\C(=N\c2ccccc2)N2CCOCC2)CCC1O. The van der Waals surface area contributed by atoms with Crippen molar-refractivity contribution in [3.8, 4) is 0 Å². The molecule has 0 saturated carbocycles. The van der Waals surface area contributed by atoms with Gasteiger partial charge in [-0.3, -0.25) is 0 Å². The van der Waals surface area contributed by atoms with Gasteiger partial charge in [-0.15, -0.1) is 0 Å². The van der Waals surface area contributed by atoms with Crippen LogP contribution in [-0.4, -0.2) is 66.3 Å². The molecule has 1 aromatic rings. The molecule has 0 aliphatic carbocycles. The molecule has 3 rings (SSSR count). The minimum atomic E-state index is -0.443. The second-order valence-electron chi connectivity index (χ2n) is 5.51. The summed E-state index contributed by atoms with van der Waals surface area (Å²) in [6.07, 6.45) is 1.05. The molecule has 1 aromatic carbocycles. The molecule has 6 nitrogen and oxygen atoms in total. The lowest BCUT2D eigenvalue weighted by atomic mass is 10.3. The van der Waals surface area contributed by atoms with E-state index in [4.69, 9.17) is 14.7 Å². The van der Waals surface area contributed by atoms with Crippen molar-refractivity contribution in [2.24, 2.45) is 9.98 Å². The number of likely N-dealkylation sites (tertiary alicyclic amines) is 1. The molecule has 22 heavy (non-hydrogen) atoms. The van der Waals surface area contributed by atoms with Gasteiger partial charge in [0.2, 0.25) is 5.96 Å². The van der Waals surface area contributed by atoms with Gasteiger partial charge in [0.05, 0.1) is 18.9 Å². The first-order chi connectivity index (χ1) is 10.7. The van der Waals surface area contributed by atoms with E-state index in [1.54, 1.807) is 0 Å². The quantitative estimate of drug-likeness (QED) is 0.630. The number of ether oxygens (including phenoxy) is 1. The monoisotopic (exact) mass is 302 g/mol. The van der Waals surface area contributed by atoms with Gasteiger partial charge in [-0.25, -0.2) is 4.99 Å². The fourth-order valence-electron chi connectivity index (χ4n) is 2.60. The third-order valence-corrected chi connectivity index (χ3v) is 3.99. The van der Waals surface area contributed by atoms with E-state index in [1.165, 1.54) is 0 Å². The molecule has 1 unspecified atom stereocenters. The summed E-state index contributed by atoms with van der Waals surface area (Å²) in [7, 11) is 1.87. The Balaban J connectivity index is 1.89. The van der Waals surface area contributed by atoms with Gasteiger partial charge in [0.15, 0.2) is 0 Å². The smallest absolute Gasteiger partial charge is 0.227 e. The molecule has 2 aliphatic heterocycles. The Morgan fingerprint density at radius 3 is 2.59 bits per heavy atom. The molecule has 1 N–H and O–H groups in total. The number of rotatable bonds is 1. The fraction of sp³-hybridized carbons (Fsp3) is 0.500. The Morgan fingerprint density at radius 2 is 1.95 bits per heavy atom. The topological polar surface area (TPSA) is 60.7 Å². The zero-order valence-corrected chi connectivity index (χ0v) is 12.9. The van der Waals surface area contributed by atoms with E-state index in [0.717, 1.165) is 37.5 Å². The summed E-state index contributed by atoms with van der Waals surface area (Å²) in [5.74, 6) is 1.58. The molecule has 2 heterocycles. The van der Waals surface area contributed by atoms with Gasteiger partial charge >= 0.3 is 0 Å². The normalized spacial score (nSPS) is 25.1. The molecule has 0 spiro atoms. The van der Waals surface area contributed by atoms with Gasteiger partial charge in [0, 0.05) is 26.6 Å². The van der Waals surface area contributed by atoms with Gasteiger partial charge in [-0.1, -0.05) is 18.2 Å². The van der Waals surface area contributed by atoms with Crippen LogP contribution < -0.4 is 0 Å². The molecule has 0 amide bonds. The molecule has 2 saturated heterocycles. The number of amidine groups is 1. The zero-order chi connectivity index (χ0) is 15.4. The maximum Gasteiger partial charge on any atom is 0.227 e. The fourth-order valence-corrected chi connectivity index (χ4v) is 2.60. The molecular weight excluding hydrogens is 280 g/mol. The summed E-state index contributed by atoms with van der Waals surface area (Å²) in [6.45, 7) is 2.96. The number of benzene rings is 1. The van der Waals surface area contributed by atoms with Crippen LogP contribution in [0.5, 0.6) is 0 Å². The Morgan fingerprint density at radius 1 is 1.23 bits per heavy atom. The Bertz CT molecular complexity index is 553. The molecule has 1 atom stereocenters. The number of hydrogen-bond donors (Lipinski definition) is 1. The summed E-state index contributed by atoms with van der Waals surface area (Å²) in [5.41, 5.74) is 0.884. The molecule has 2 fully saturated rings. The van der Waals surface area contributed by atoms with Crippen LogP contribution in [0, 0.1) is 0 Å². The number of nitrogens with zero attached hydrogens (tertiary/aromatic N) is 4. The maximum atomic E-state index is 9.85. The van der Waals surface area contributed by atoms with Crippen molar-refractivity contribution in [3.63, 3.8) is 0 Å². The predicted molar refractivity (Wildman–Crippen MR) is 86.4 cm³/mol. The van der Waals surface area contributed by atoms with Gasteiger partial charge in [0.1, 0.15) is 12.1 Å². The van der Waals surface area contributed by atoms with Crippen molar-refractivity contribution < 1.29 is 9.84 Å². The Labute approximate surface area is 130 Å². The average Bonchev–Trinajstić information content (AvgIpc) is 2.88. The summed E-state index contributed by atoms with van der Waals surface area (Å²) in [4.78, 5) is 13.4. The van der Waals surface area contributed by atoms with E-state index in [2.05, 4.69) is 4.90 Å². The first-order valence-electron chi connectivity index (χ1n) is 7.69. The molecule has 118 valence electrons. The van der Waals surface area contributed by atoms with E-state index in [1.807, 2.05) is 42.3 Å². The van der Waals surface area contributed by atoms with Crippen molar-refractivity contribution >= 4 is 17.5 Å². The standard InChI is InChI=1S/C16H22N4O2/c1-19-14(7-8-15(19)21)18-16(20-9-11-22-12-10-20)17-13-5-3-2-4-6-13/h2-6,15,21H,7-12H2,1H3/b17-16-,18-14-. The first kappa shape index (κ1) is 15.0. The zero-order valence-electron chi connectivity index (χ0n) is 12.9. The van der Waals surface area contributed by atoms with Crippen molar-refractivity contribution in [3.05, 3.63) is 30.3 Å². The second-order valence-corrected chi connectivity index (χ2v) is 5.51. The van der Waals surface area contributed by atoms with Crippen molar-refractivity contribution in [2.45, 2.75) is 19.1 Å². The van der Waals surface area contributed by atoms with Crippen LogP contribution in [0.15, 0.2) is 40.3 Å². The third kappa shape index (κ3) is 3.45. The van der Waals surface area contributed by atoms with Gasteiger partial charge in [0.25, 0.3) is 0 Å². The van der Waals surface area contributed by atoms with Crippen molar-refractivity contribution in [1.82, 2.24) is 9.80 Å². The average molecular weight is 302 g/mol. The van der Waals surface area contributed by atoms with Crippen LogP contribution >= 0.6 is 0 Å². The number of para-hydroxylation sites is 1. The third-order valence-electron chi connectivity index (χ3n) is 3.99. The largest absolute Gasteiger partial charge is 0.378 e. The van der Waals surface area contributed by atoms with E-state index >= 15 is 0 Å². The molecule has 0 bridgehead atoms. The highest BCUT2D eigenvalue weighted by Crippen LogP contribution is 2.18. The van der Waals surface area contributed by atoms with Gasteiger partial charge in [-0.2, -0.15) is 4.99 Å². The highest BCUT2D eigenvalue weighted by molar-refractivity contribution is 5.97. The summed E-state index contributed by atoms with van der Waals surface area (Å²) in [6, 6.07) is 9.84. The minimum absolute atomic E-state index is 0.443. The van der Waals surface area contributed by atoms with Crippen LogP contribution in [0.1, 0.15) is 12.8 Å². The minimum Gasteiger partial charge on any atom is -0.378 e. The van der Waals surface area contributed by atoms with Crippen LogP contribution in [0.2, 0.25) is 0 Å². The molecule has 0 radical (unpaired) electrons. The Hall–Kier alpha value is -1.92. The highest BCUT2D eigenvalue weighted by Gasteiger charge is 2.25. The lowest BCUT2D eigenvalue weighted by molar-refractivity contribution is 0.0674. The molecule has 0 aromatic heterocycles. The summed E-state index contributed by atoms with van der Waals surface area (Å²) < 4.78 is 5.41. The van der Waals surface area contributed by atoms with E-state index < -0.39 is 6.23 Å². The number of guanidine groups is 1. The van der Waals surface area contributed by atoms with Crippen LogP contribution in [0.4, 0.5) is 5.69 Å². The highest BCUT2D eigenvalue weighted by atomic mass is 16.5. The summed E-state index contributed by atoms with van der Waals surface area (Å²) >= 11 is 0. The van der Waals surface area contributed by atoms with Crippen molar-refractivity contribution in [2.75, 3.05) is 33.4 Å². The van der Waals surface area contributed by atoms with Gasteiger partial charge in [-0.05, 0) is 18.6 Å². The van der Waals surface area contributed by atoms with E-state index in [-0.39, 0.29) is 0 Å². The van der Waals surface area contributed by atoms with Crippen LogP contribution in [0.3, 0.4) is 0 Å². The van der Waals surface area contributed by atoms with Crippen LogP contribution in [-0.2, 0) is 4.74 Å². The van der Waals surface area contributed by atoms with Crippen LogP contribution in [0.25, 0.3) is 0 Å². The number of aliphatic hydroxyl groups excluding tert-OH is 1. The first-order valence-corrected chi connectivity index (χ1v) is 7.69. The molecule has 2 aliphatic rings. The lowest BCUT2D eigenvalue weighted by Crippen LogP contribution is -2.41. The molecular formula is C16H22N4O2. The Kier molecular flexibility index (Phi) is 4.70.